The van der Waals surface area contributed by atoms with Crippen molar-refractivity contribution in [3.05, 3.63) is 0 Å². The molecule has 2 fully saturated rings. The van der Waals surface area contributed by atoms with Crippen molar-refractivity contribution in [1.29, 1.82) is 0 Å². The second-order valence-electron chi connectivity index (χ2n) is 7.40. The average molecular weight is 317 g/mol. The van der Waals surface area contributed by atoms with E-state index >= 15 is 0 Å². The lowest BCUT2D eigenvalue weighted by molar-refractivity contribution is 0.248. The van der Waals surface area contributed by atoms with E-state index < -0.39 is 15.6 Å². The zero-order valence-electron chi connectivity index (χ0n) is 13.6. The first-order valence-electron chi connectivity index (χ1n) is 8.23. The molecule has 0 radical (unpaired) electrons. The van der Waals surface area contributed by atoms with E-state index in [2.05, 4.69) is 15.4 Å². The van der Waals surface area contributed by atoms with Crippen LogP contribution in [0.2, 0.25) is 0 Å². The Morgan fingerprint density at radius 2 is 1.90 bits per heavy atom. The monoisotopic (exact) mass is 317 g/mol. The summed E-state index contributed by atoms with van der Waals surface area (Å²) in [5.74, 6) is 0.694. The van der Waals surface area contributed by atoms with Crippen molar-refractivity contribution in [2.75, 3.05) is 19.3 Å². The largest absolute Gasteiger partial charge is 0.314 e. The lowest BCUT2D eigenvalue weighted by atomic mass is 9.88. The summed E-state index contributed by atoms with van der Waals surface area (Å²) in [6, 6.07) is 1.16. The van der Waals surface area contributed by atoms with Crippen LogP contribution in [0.1, 0.15) is 52.4 Å². The number of piperidine rings is 1. The van der Waals surface area contributed by atoms with Crippen LogP contribution in [0.15, 0.2) is 0 Å². The minimum absolute atomic E-state index is 0.444. The molecule has 1 heterocycles. The van der Waals surface area contributed by atoms with Crippen molar-refractivity contribution in [3.63, 3.8) is 0 Å². The van der Waals surface area contributed by atoms with Gasteiger partial charge in [-0.05, 0) is 52.0 Å². The van der Waals surface area contributed by atoms with Crippen LogP contribution in [0.3, 0.4) is 0 Å². The highest BCUT2D eigenvalue weighted by atomic mass is 32.2. The van der Waals surface area contributed by atoms with E-state index in [0.717, 1.165) is 6.54 Å². The minimum Gasteiger partial charge on any atom is -0.314 e. The lowest BCUT2D eigenvalue weighted by Gasteiger charge is -2.35. The fraction of sp³-hybridized carbons (Fsp3) is 1.00. The molecule has 0 amide bonds. The predicted octanol–water partition coefficient (Wildman–Crippen LogP) is 1.21. The number of nitrogens with one attached hydrogen (secondary N) is 3. The molecule has 2 aliphatic rings. The van der Waals surface area contributed by atoms with Gasteiger partial charge < -0.3 is 10.6 Å². The smallest absolute Gasteiger partial charge is 0.209 e. The molecule has 3 atom stereocenters. The van der Waals surface area contributed by atoms with Crippen LogP contribution in [0, 0.1) is 5.92 Å². The highest BCUT2D eigenvalue weighted by Gasteiger charge is 2.35. The zero-order chi connectivity index (χ0) is 15.5. The van der Waals surface area contributed by atoms with Crippen LogP contribution in [0.4, 0.5) is 0 Å². The molecule has 3 unspecified atom stereocenters. The molecule has 0 aromatic carbocycles. The van der Waals surface area contributed by atoms with Crippen molar-refractivity contribution >= 4 is 10.0 Å². The third-order valence-electron chi connectivity index (χ3n) is 4.70. The highest BCUT2D eigenvalue weighted by molar-refractivity contribution is 7.88. The summed E-state index contributed by atoms with van der Waals surface area (Å²) in [4.78, 5) is 0. The Kier molecular flexibility index (Phi) is 5.68. The molecule has 6 heteroatoms. The van der Waals surface area contributed by atoms with Gasteiger partial charge >= 0.3 is 0 Å². The topological polar surface area (TPSA) is 70.2 Å². The van der Waals surface area contributed by atoms with Gasteiger partial charge in [0.05, 0.1) is 6.26 Å². The fourth-order valence-corrected chi connectivity index (χ4v) is 4.97. The number of hydrogen-bond acceptors (Lipinski definition) is 4. The molecule has 0 aromatic rings. The van der Waals surface area contributed by atoms with E-state index in [1.165, 1.54) is 44.8 Å². The van der Waals surface area contributed by atoms with Crippen LogP contribution >= 0.6 is 0 Å². The highest BCUT2D eigenvalue weighted by Crippen LogP contribution is 2.31. The molecule has 0 bridgehead atoms. The van der Waals surface area contributed by atoms with Gasteiger partial charge in [-0.1, -0.05) is 12.8 Å². The van der Waals surface area contributed by atoms with E-state index in [1.54, 1.807) is 0 Å². The SMILES string of the molecule is CC(C)(CNC1CCCC1C1CCCCN1)NS(C)(=O)=O. The summed E-state index contributed by atoms with van der Waals surface area (Å²) >= 11 is 0. The Morgan fingerprint density at radius 1 is 1.14 bits per heavy atom. The normalized spacial score (nSPS) is 31.5. The van der Waals surface area contributed by atoms with Gasteiger partial charge in [0.2, 0.25) is 10.0 Å². The molecule has 3 N–H and O–H groups in total. The Balaban J connectivity index is 1.86. The average Bonchev–Trinajstić information content (AvgIpc) is 2.83. The van der Waals surface area contributed by atoms with E-state index in [4.69, 9.17) is 0 Å². The number of hydrogen-bond donors (Lipinski definition) is 3. The van der Waals surface area contributed by atoms with E-state index in [9.17, 15) is 8.42 Å². The van der Waals surface area contributed by atoms with Crippen molar-refractivity contribution in [2.45, 2.75) is 70.0 Å². The van der Waals surface area contributed by atoms with Gasteiger partial charge in [-0.2, -0.15) is 0 Å². The van der Waals surface area contributed by atoms with E-state index in [0.29, 0.717) is 24.5 Å². The molecule has 1 aliphatic heterocycles. The van der Waals surface area contributed by atoms with Crippen LogP contribution in [0.25, 0.3) is 0 Å². The third-order valence-corrected chi connectivity index (χ3v) is 5.63. The standard InChI is InChI=1S/C15H31N3O2S/c1-15(2,18-21(3,19)20)11-17-14-9-6-7-12(14)13-8-4-5-10-16-13/h12-14,16-18H,4-11H2,1-3H3. The van der Waals surface area contributed by atoms with Gasteiger partial charge in [-0.3, -0.25) is 0 Å². The molecular formula is C15H31N3O2S. The van der Waals surface area contributed by atoms with Gasteiger partial charge in [-0.15, -0.1) is 0 Å². The Hall–Kier alpha value is -0.170. The summed E-state index contributed by atoms with van der Waals surface area (Å²) in [5.41, 5.74) is -0.444. The van der Waals surface area contributed by atoms with Gasteiger partial charge in [0.25, 0.3) is 0 Å². The number of sulfonamides is 1. The Morgan fingerprint density at radius 3 is 2.52 bits per heavy atom. The first kappa shape index (κ1) is 17.2. The molecule has 1 aliphatic carbocycles. The lowest BCUT2D eigenvalue weighted by Crippen LogP contribution is -2.54. The first-order valence-corrected chi connectivity index (χ1v) is 10.1. The molecule has 1 saturated heterocycles. The van der Waals surface area contributed by atoms with E-state index in [1.807, 2.05) is 13.8 Å². The number of rotatable bonds is 6. The summed E-state index contributed by atoms with van der Waals surface area (Å²) in [5, 5.41) is 7.30. The summed E-state index contributed by atoms with van der Waals surface area (Å²) in [7, 11) is -3.16. The quantitative estimate of drug-likeness (QED) is 0.689. The third kappa shape index (κ3) is 5.51. The minimum atomic E-state index is -3.16. The van der Waals surface area contributed by atoms with Crippen molar-refractivity contribution in [3.8, 4) is 0 Å². The van der Waals surface area contributed by atoms with Gasteiger partial charge in [-0.25, -0.2) is 13.1 Å². The molecule has 124 valence electrons. The van der Waals surface area contributed by atoms with Crippen LogP contribution in [-0.4, -0.2) is 45.4 Å². The molecule has 1 saturated carbocycles. The van der Waals surface area contributed by atoms with Gasteiger partial charge in [0.1, 0.15) is 0 Å². The second-order valence-corrected chi connectivity index (χ2v) is 9.15. The maximum absolute atomic E-state index is 11.4. The van der Waals surface area contributed by atoms with Crippen LogP contribution in [-0.2, 0) is 10.0 Å². The van der Waals surface area contributed by atoms with Crippen LogP contribution in [0.5, 0.6) is 0 Å². The van der Waals surface area contributed by atoms with Gasteiger partial charge in [0.15, 0.2) is 0 Å². The van der Waals surface area contributed by atoms with Gasteiger partial charge in [0, 0.05) is 24.2 Å². The zero-order valence-corrected chi connectivity index (χ0v) is 14.4. The molecule has 2 rings (SSSR count). The van der Waals surface area contributed by atoms with Crippen molar-refractivity contribution in [1.82, 2.24) is 15.4 Å². The molecule has 0 aromatic heterocycles. The fourth-order valence-electron chi connectivity index (χ4n) is 3.89. The van der Waals surface area contributed by atoms with Crippen LogP contribution < -0.4 is 15.4 Å². The summed E-state index contributed by atoms with van der Waals surface area (Å²) in [6.45, 7) is 5.69. The Labute approximate surface area is 129 Å². The van der Waals surface area contributed by atoms with Crippen molar-refractivity contribution in [2.24, 2.45) is 5.92 Å². The molecule has 0 spiro atoms. The Bertz CT molecular complexity index is 430. The molecule has 5 nitrogen and oxygen atoms in total. The first-order chi connectivity index (χ1) is 9.77. The molecule has 21 heavy (non-hydrogen) atoms. The summed E-state index contributed by atoms with van der Waals surface area (Å²) in [6.07, 6.45) is 8.91. The maximum Gasteiger partial charge on any atom is 0.209 e. The van der Waals surface area contributed by atoms with E-state index in [-0.39, 0.29) is 0 Å². The van der Waals surface area contributed by atoms with Crippen molar-refractivity contribution < 1.29 is 8.42 Å². The summed E-state index contributed by atoms with van der Waals surface area (Å²) < 4.78 is 25.5. The maximum atomic E-state index is 11.4. The predicted molar refractivity (Wildman–Crippen MR) is 86.8 cm³/mol. The second kappa shape index (κ2) is 6.94. The molecular weight excluding hydrogens is 286 g/mol.